The van der Waals surface area contributed by atoms with Gasteiger partial charge in [0.05, 0.1) is 0 Å². The van der Waals surface area contributed by atoms with Crippen molar-refractivity contribution in [2.45, 2.75) is 57.4 Å². The van der Waals surface area contributed by atoms with E-state index in [1.165, 1.54) is 32.1 Å². The minimum absolute atomic E-state index is 0.0606. The summed E-state index contributed by atoms with van der Waals surface area (Å²) < 4.78 is 0. The van der Waals surface area contributed by atoms with Crippen molar-refractivity contribution in [2.24, 2.45) is 5.92 Å². The molecule has 0 bridgehead atoms. The zero-order valence-corrected chi connectivity index (χ0v) is 16.5. The molecule has 1 heterocycles. The van der Waals surface area contributed by atoms with Gasteiger partial charge in [-0.3, -0.25) is 9.59 Å². The molecule has 28 heavy (non-hydrogen) atoms. The molecule has 4 heteroatoms. The lowest BCUT2D eigenvalue weighted by atomic mass is 9.78. The maximum atomic E-state index is 12.8. The number of likely N-dealkylation sites (tertiary alicyclic amines) is 1. The minimum Gasteiger partial charge on any atom is -0.352 e. The molecule has 2 atom stereocenters. The first-order chi connectivity index (χ1) is 13.7. The second-order valence-corrected chi connectivity index (χ2v) is 8.23. The first-order valence-electron chi connectivity index (χ1n) is 10.8. The summed E-state index contributed by atoms with van der Waals surface area (Å²) in [5.41, 5.74) is 0.700. The van der Waals surface area contributed by atoms with E-state index in [1.54, 1.807) is 0 Å². The van der Waals surface area contributed by atoms with Gasteiger partial charge in [-0.1, -0.05) is 49.2 Å². The van der Waals surface area contributed by atoms with Crippen LogP contribution in [0.5, 0.6) is 0 Å². The number of amides is 2. The van der Waals surface area contributed by atoms with Gasteiger partial charge in [0.15, 0.2) is 0 Å². The van der Waals surface area contributed by atoms with E-state index < -0.39 is 0 Å². The number of rotatable bonds is 5. The predicted molar refractivity (Wildman–Crippen MR) is 112 cm³/mol. The van der Waals surface area contributed by atoms with Crippen molar-refractivity contribution in [1.82, 2.24) is 10.2 Å². The van der Waals surface area contributed by atoms with Gasteiger partial charge in [-0.05, 0) is 54.9 Å². The van der Waals surface area contributed by atoms with E-state index in [0.717, 1.165) is 29.7 Å². The predicted octanol–water partition coefficient (Wildman–Crippen LogP) is 4.53. The molecule has 2 unspecified atom stereocenters. The Morgan fingerprint density at radius 1 is 0.964 bits per heavy atom. The van der Waals surface area contributed by atoms with Crippen molar-refractivity contribution in [3.05, 3.63) is 48.0 Å². The topological polar surface area (TPSA) is 49.4 Å². The SMILES string of the molecule is O=C(NCCCC(=O)N1CCCC2CCCCC21)c1cccc2ccccc12. The van der Waals surface area contributed by atoms with Gasteiger partial charge >= 0.3 is 0 Å². The molecule has 1 saturated carbocycles. The molecule has 0 spiro atoms. The molecule has 2 amide bonds. The lowest BCUT2D eigenvalue weighted by Crippen LogP contribution is -2.49. The van der Waals surface area contributed by atoms with E-state index in [4.69, 9.17) is 0 Å². The van der Waals surface area contributed by atoms with Crippen molar-refractivity contribution in [3.63, 3.8) is 0 Å². The number of carbonyl (C=O) groups is 2. The van der Waals surface area contributed by atoms with Crippen LogP contribution in [-0.4, -0.2) is 35.8 Å². The van der Waals surface area contributed by atoms with Gasteiger partial charge in [0.2, 0.25) is 5.91 Å². The number of hydrogen-bond donors (Lipinski definition) is 1. The smallest absolute Gasteiger partial charge is 0.251 e. The molecule has 0 aromatic heterocycles. The molecule has 148 valence electrons. The Kier molecular flexibility index (Phi) is 5.94. The third kappa shape index (κ3) is 4.06. The van der Waals surface area contributed by atoms with Crippen LogP contribution >= 0.6 is 0 Å². The molecule has 4 rings (SSSR count). The van der Waals surface area contributed by atoms with Gasteiger partial charge in [-0.25, -0.2) is 0 Å². The second-order valence-electron chi connectivity index (χ2n) is 8.23. The Hall–Kier alpha value is -2.36. The van der Waals surface area contributed by atoms with Crippen LogP contribution in [0.2, 0.25) is 0 Å². The van der Waals surface area contributed by atoms with Gasteiger partial charge in [0.25, 0.3) is 5.91 Å². The number of hydrogen-bond acceptors (Lipinski definition) is 2. The van der Waals surface area contributed by atoms with E-state index in [9.17, 15) is 9.59 Å². The van der Waals surface area contributed by atoms with Gasteiger partial charge in [0, 0.05) is 31.1 Å². The first kappa shape index (κ1) is 19.0. The van der Waals surface area contributed by atoms with Crippen molar-refractivity contribution >= 4 is 22.6 Å². The Labute approximate surface area is 167 Å². The van der Waals surface area contributed by atoms with Crippen LogP contribution in [0.1, 0.15) is 61.7 Å². The van der Waals surface area contributed by atoms with E-state index in [2.05, 4.69) is 10.2 Å². The first-order valence-corrected chi connectivity index (χ1v) is 10.8. The van der Waals surface area contributed by atoms with Crippen molar-refractivity contribution in [2.75, 3.05) is 13.1 Å². The van der Waals surface area contributed by atoms with Crippen LogP contribution in [0.25, 0.3) is 10.8 Å². The van der Waals surface area contributed by atoms with Crippen LogP contribution in [0.3, 0.4) is 0 Å². The fourth-order valence-electron chi connectivity index (χ4n) is 5.04. The fraction of sp³-hybridized carbons (Fsp3) is 0.500. The molecule has 1 saturated heterocycles. The molecular weight excluding hydrogens is 348 g/mol. The number of carbonyl (C=O) groups excluding carboxylic acids is 2. The Balaban J connectivity index is 1.28. The summed E-state index contributed by atoms with van der Waals surface area (Å²) >= 11 is 0. The van der Waals surface area contributed by atoms with Crippen LogP contribution in [0.4, 0.5) is 0 Å². The molecule has 1 aliphatic heterocycles. The summed E-state index contributed by atoms with van der Waals surface area (Å²) in [5.74, 6) is 0.933. The van der Waals surface area contributed by atoms with E-state index >= 15 is 0 Å². The van der Waals surface area contributed by atoms with Crippen LogP contribution in [0.15, 0.2) is 42.5 Å². The van der Waals surface area contributed by atoms with E-state index in [0.29, 0.717) is 31.0 Å². The summed E-state index contributed by atoms with van der Waals surface area (Å²) in [5, 5.41) is 5.03. The molecule has 1 aliphatic carbocycles. The van der Waals surface area contributed by atoms with Crippen LogP contribution in [-0.2, 0) is 4.79 Å². The average Bonchev–Trinajstić information content (AvgIpc) is 2.75. The number of nitrogens with one attached hydrogen (secondary N) is 1. The lowest BCUT2D eigenvalue weighted by Gasteiger charge is -2.44. The monoisotopic (exact) mass is 378 g/mol. The minimum atomic E-state index is -0.0606. The van der Waals surface area contributed by atoms with Gasteiger partial charge in [0.1, 0.15) is 0 Å². The summed E-state index contributed by atoms with van der Waals surface area (Å²) in [6, 6.07) is 14.2. The second kappa shape index (κ2) is 8.76. The zero-order valence-electron chi connectivity index (χ0n) is 16.5. The Bertz CT molecular complexity index is 840. The molecule has 4 nitrogen and oxygen atoms in total. The quantitative estimate of drug-likeness (QED) is 0.777. The largest absolute Gasteiger partial charge is 0.352 e. The van der Waals surface area contributed by atoms with E-state index in [-0.39, 0.29) is 11.8 Å². The van der Waals surface area contributed by atoms with Gasteiger partial charge < -0.3 is 10.2 Å². The molecule has 2 aromatic carbocycles. The maximum Gasteiger partial charge on any atom is 0.251 e. The summed E-state index contributed by atoms with van der Waals surface area (Å²) in [4.78, 5) is 27.5. The van der Waals surface area contributed by atoms with Gasteiger partial charge in [-0.15, -0.1) is 0 Å². The fourth-order valence-corrected chi connectivity index (χ4v) is 5.04. The summed E-state index contributed by atoms with van der Waals surface area (Å²) in [6.45, 7) is 1.46. The summed E-state index contributed by atoms with van der Waals surface area (Å²) in [6.07, 6.45) is 8.70. The number of fused-ring (bicyclic) bond motifs is 2. The highest BCUT2D eigenvalue weighted by Gasteiger charge is 2.35. The highest BCUT2D eigenvalue weighted by Crippen LogP contribution is 2.35. The maximum absolute atomic E-state index is 12.8. The zero-order chi connectivity index (χ0) is 19.3. The average molecular weight is 379 g/mol. The van der Waals surface area contributed by atoms with Crippen molar-refractivity contribution in [1.29, 1.82) is 0 Å². The lowest BCUT2D eigenvalue weighted by molar-refractivity contribution is -0.137. The molecule has 1 N–H and O–H groups in total. The number of nitrogens with zero attached hydrogens (tertiary/aromatic N) is 1. The van der Waals surface area contributed by atoms with Crippen LogP contribution < -0.4 is 5.32 Å². The Morgan fingerprint density at radius 3 is 2.68 bits per heavy atom. The van der Waals surface area contributed by atoms with Crippen LogP contribution in [0, 0.1) is 5.92 Å². The highest BCUT2D eigenvalue weighted by atomic mass is 16.2. The highest BCUT2D eigenvalue weighted by molar-refractivity contribution is 6.06. The standard InChI is InChI=1S/C24H30N2O2/c27-23(26-17-7-11-19-9-2-4-14-22(19)26)15-6-16-25-24(28)21-13-5-10-18-8-1-3-12-20(18)21/h1,3,5,8,10,12-13,19,22H,2,4,6-7,9,11,14-17H2,(H,25,28). The third-order valence-electron chi connectivity index (χ3n) is 6.45. The Morgan fingerprint density at radius 2 is 1.75 bits per heavy atom. The molecule has 0 radical (unpaired) electrons. The number of piperidine rings is 1. The summed E-state index contributed by atoms with van der Waals surface area (Å²) in [7, 11) is 0. The number of benzene rings is 2. The third-order valence-corrected chi connectivity index (χ3v) is 6.45. The van der Waals surface area contributed by atoms with Gasteiger partial charge in [-0.2, -0.15) is 0 Å². The van der Waals surface area contributed by atoms with Crippen molar-refractivity contribution < 1.29 is 9.59 Å². The molecule has 2 aliphatic rings. The van der Waals surface area contributed by atoms with Crippen molar-refractivity contribution in [3.8, 4) is 0 Å². The molecular formula is C24H30N2O2. The normalized spacial score (nSPS) is 21.9. The molecule has 2 fully saturated rings. The molecule has 2 aromatic rings. The van der Waals surface area contributed by atoms with E-state index in [1.807, 2.05) is 42.5 Å².